The Balaban J connectivity index is 3.61. The third kappa shape index (κ3) is 9.29. The van der Waals surface area contributed by atoms with E-state index >= 15 is 0 Å². The van der Waals surface area contributed by atoms with Gasteiger partial charge in [-0.05, 0) is 5.92 Å². The number of carbonyl (C=O) groups excluding carboxylic acids is 1. The van der Waals surface area contributed by atoms with Crippen LogP contribution in [0.25, 0.3) is 0 Å². The summed E-state index contributed by atoms with van der Waals surface area (Å²) in [5.74, 6) is -0.0789. The summed E-state index contributed by atoms with van der Waals surface area (Å²) >= 11 is 0. The minimum Gasteiger partial charge on any atom is -0.355 e. The van der Waals surface area contributed by atoms with Crippen molar-refractivity contribution in [2.24, 2.45) is 11.1 Å². The topological polar surface area (TPSA) is 89.3 Å². The Hall–Kier alpha value is -0.620. The van der Waals surface area contributed by atoms with Gasteiger partial charge in [-0.1, -0.05) is 13.8 Å². The molecule has 0 aromatic heterocycles. The van der Waals surface area contributed by atoms with Crippen LogP contribution < -0.4 is 10.5 Å². The van der Waals surface area contributed by atoms with Gasteiger partial charge in [-0.25, -0.2) is 13.6 Å². The third-order valence-corrected chi connectivity index (χ3v) is 2.08. The molecule has 0 aliphatic heterocycles. The maximum absolute atomic E-state index is 11.0. The van der Waals surface area contributed by atoms with Crippen molar-refractivity contribution in [1.82, 2.24) is 5.32 Å². The molecule has 0 saturated carbocycles. The van der Waals surface area contributed by atoms with Gasteiger partial charge in [0.2, 0.25) is 15.9 Å². The normalized spacial score (nSPS) is 11.7. The third-order valence-electron chi connectivity index (χ3n) is 1.30. The lowest BCUT2D eigenvalue weighted by atomic mass is 10.1. The maximum atomic E-state index is 11.0. The molecule has 0 aliphatic carbocycles. The van der Waals surface area contributed by atoms with Crippen LogP contribution >= 0.6 is 0 Å². The molecule has 0 aliphatic rings. The Bertz CT molecular complexity index is 259. The van der Waals surface area contributed by atoms with E-state index in [4.69, 9.17) is 5.14 Å². The minimum absolute atomic E-state index is 0.0877. The molecule has 3 N–H and O–H groups in total. The number of sulfonamides is 1. The number of hydrogen-bond donors (Lipinski definition) is 2. The Kier molecular flexibility index (Phi) is 4.94. The van der Waals surface area contributed by atoms with Gasteiger partial charge in [0.05, 0.1) is 5.75 Å². The molecule has 13 heavy (non-hydrogen) atoms. The Morgan fingerprint density at radius 3 is 2.38 bits per heavy atom. The van der Waals surface area contributed by atoms with Gasteiger partial charge in [-0.3, -0.25) is 4.79 Å². The molecule has 0 spiro atoms. The van der Waals surface area contributed by atoms with Crippen molar-refractivity contribution in [1.29, 1.82) is 0 Å². The molecule has 0 unspecified atom stereocenters. The quantitative estimate of drug-likeness (QED) is 0.634. The van der Waals surface area contributed by atoms with E-state index in [1.165, 1.54) is 0 Å². The molecule has 0 rings (SSSR count). The highest BCUT2D eigenvalue weighted by atomic mass is 32.2. The van der Waals surface area contributed by atoms with E-state index in [9.17, 15) is 13.2 Å². The average molecular weight is 208 g/mol. The maximum Gasteiger partial charge on any atom is 0.220 e. The van der Waals surface area contributed by atoms with Gasteiger partial charge < -0.3 is 5.32 Å². The summed E-state index contributed by atoms with van der Waals surface area (Å²) in [4.78, 5) is 11.0. The highest BCUT2D eigenvalue weighted by Crippen LogP contribution is 1.97. The zero-order valence-corrected chi connectivity index (χ0v) is 8.73. The van der Waals surface area contributed by atoms with E-state index in [0.29, 0.717) is 6.42 Å². The molecule has 0 radical (unpaired) electrons. The molecular weight excluding hydrogens is 192 g/mol. The van der Waals surface area contributed by atoms with Gasteiger partial charge in [0.15, 0.2) is 0 Å². The minimum atomic E-state index is -3.46. The molecule has 0 bridgehead atoms. The van der Waals surface area contributed by atoms with Crippen LogP contribution in [0.3, 0.4) is 0 Å². The average Bonchev–Trinajstić information content (AvgIpc) is 1.81. The van der Waals surface area contributed by atoms with Crippen LogP contribution in [-0.4, -0.2) is 26.6 Å². The Morgan fingerprint density at radius 1 is 1.46 bits per heavy atom. The largest absolute Gasteiger partial charge is 0.355 e. The van der Waals surface area contributed by atoms with Crippen molar-refractivity contribution < 1.29 is 13.2 Å². The van der Waals surface area contributed by atoms with Crippen molar-refractivity contribution in [3.63, 3.8) is 0 Å². The molecular formula is C7H16N2O3S. The fourth-order valence-electron chi connectivity index (χ4n) is 0.776. The molecule has 0 aromatic rings. The highest BCUT2D eigenvalue weighted by Gasteiger charge is 2.06. The number of carbonyl (C=O) groups is 1. The van der Waals surface area contributed by atoms with Gasteiger partial charge in [0.25, 0.3) is 0 Å². The predicted octanol–water partition coefficient (Wildman–Crippen LogP) is -0.563. The Labute approximate surface area is 78.7 Å². The summed E-state index contributed by atoms with van der Waals surface area (Å²) in [5.41, 5.74) is 0. The van der Waals surface area contributed by atoms with Crippen molar-refractivity contribution in [2.45, 2.75) is 20.3 Å². The summed E-state index contributed by atoms with van der Waals surface area (Å²) in [6.45, 7) is 3.92. The number of primary sulfonamides is 1. The lowest BCUT2D eigenvalue weighted by molar-refractivity contribution is -0.121. The molecule has 0 saturated heterocycles. The fraction of sp³-hybridized carbons (Fsp3) is 0.857. The first-order valence-corrected chi connectivity index (χ1v) is 5.80. The summed E-state index contributed by atoms with van der Waals surface area (Å²) in [5, 5.41) is 7.22. The lowest BCUT2D eigenvalue weighted by Gasteiger charge is -2.05. The second kappa shape index (κ2) is 5.18. The molecule has 6 heteroatoms. The van der Waals surface area contributed by atoms with Crippen LogP contribution in [0.1, 0.15) is 20.3 Å². The number of nitrogens with two attached hydrogens (primary N) is 1. The van der Waals surface area contributed by atoms with Crippen molar-refractivity contribution >= 4 is 15.9 Å². The monoisotopic (exact) mass is 208 g/mol. The zero-order valence-electron chi connectivity index (χ0n) is 7.91. The lowest BCUT2D eigenvalue weighted by Crippen LogP contribution is -2.31. The van der Waals surface area contributed by atoms with E-state index in [1.54, 1.807) is 0 Å². The molecule has 0 aromatic carbocycles. The van der Waals surface area contributed by atoms with Crippen molar-refractivity contribution in [3.8, 4) is 0 Å². The molecule has 1 amide bonds. The molecule has 5 nitrogen and oxygen atoms in total. The van der Waals surface area contributed by atoms with E-state index in [2.05, 4.69) is 5.32 Å². The molecule has 78 valence electrons. The van der Waals surface area contributed by atoms with Crippen LogP contribution in [0, 0.1) is 5.92 Å². The van der Waals surface area contributed by atoms with Gasteiger partial charge in [-0.2, -0.15) is 0 Å². The van der Waals surface area contributed by atoms with Gasteiger partial charge in [0, 0.05) is 13.0 Å². The van der Waals surface area contributed by atoms with Crippen LogP contribution in [0.2, 0.25) is 0 Å². The first-order valence-electron chi connectivity index (χ1n) is 4.08. The summed E-state index contributed by atoms with van der Waals surface area (Å²) in [6.07, 6.45) is 0.407. The summed E-state index contributed by atoms with van der Waals surface area (Å²) in [6, 6.07) is 0. The van der Waals surface area contributed by atoms with Gasteiger partial charge in [-0.15, -0.1) is 0 Å². The van der Waals surface area contributed by atoms with E-state index < -0.39 is 10.0 Å². The number of rotatable bonds is 5. The second-order valence-electron chi connectivity index (χ2n) is 3.31. The number of amides is 1. The smallest absolute Gasteiger partial charge is 0.220 e. The van der Waals surface area contributed by atoms with Gasteiger partial charge >= 0.3 is 0 Å². The standard InChI is InChI=1S/C7H16N2O3S/c1-6(2)5-7(10)9-3-4-13(8,11)12/h6H,3-5H2,1-2H3,(H,9,10)(H2,8,11,12). The van der Waals surface area contributed by atoms with E-state index in [1.807, 2.05) is 13.8 Å². The fourth-order valence-corrected chi connectivity index (χ4v) is 1.16. The summed E-state index contributed by atoms with van der Waals surface area (Å²) < 4.78 is 20.9. The molecule has 0 atom stereocenters. The van der Waals surface area contributed by atoms with Crippen molar-refractivity contribution in [3.05, 3.63) is 0 Å². The van der Waals surface area contributed by atoms with Crippen molar-refractivity contribution in [2.75, 3.05) is 12.3 Å². The van der Waals surface area contributed by atoms with Crippen LogP contribution in [-0.2, 0) is 14.8 Å². The predicted molar refractivity (Wildman–Crippen MR) is 50.4 cm³/mol. The van der Waals surface area contributed by atoms with Gasteiger partial charge in [0.1, 0.15) is 0 Å². The SMILES string of the molecule is CC(C)CC(=O)NCCS(N)(=O)=O. The van der Waals surface area contributed by atoms with Crippen LogP contribution in [0.15, 0.2) is 0 Å². The van der Waals surface area contributed by atoms with Crippen LogP contribution in [0.4, 0.5) is 0 Å². The number of hydrogen-bond acceptors (Lipinski definition) is 3. The van der Waals surface area contributed by atoms with E-state index in [-0.39, 0.29) is 24.1 Å². The Morgan fingerprint density at radius 2 is 2.00 bits per heavy atom. The summed E-state index contributed by atoms with van der Waals surface area (Å²) in [7, 11) is -3.46. The molecule has 0 heterocycles. The zero-order chi connectivity index (χ0) is 10.5. The first kappa shape index (κ1) is 12.4. The number of nitrogens with one attached hydrogen (secondary N) is 1. The molecule has 0 fully saturated rings. The highest BCUT2D eigenvalue weighted by molar-refractivity contribution is 7.89. The second-order valence-corrected chi connectivity index (χ2v) is 5.05. The van der Waals surface area contributed by atoms with E-state index in [0.717, 1.165) is 0 Å². The first-order chi connectivity index (χ1) is 5.81. The van der Waals surface area contributed by atoms with Crippen LogP contribution in [0.5, 0.6) is 0 Å².